The molecule has 5 heteroatoms. The summed E-state index contributed by atoms with van der Waals surface area (Å²) in [6.45, 7) is 13.0. The minimum absolute atomic E-state index is 0.0814. The lowest BCUT2D eigenvalue weighted by Crippen LogP contribution is -2.39. The molecule has 2 unspecified atom stereocenters. The molecule has 0 aliphatic rings. The van der Waals surface area contributed by atoms with E-state index in [-0.39, 0.29) is 6.54 Å². The molecule has 0 fully saturated rings. The average Bonchev–Trinajstić information content (AvgIpc) is 2.40. The molecule has 3 N–H and O–H groups in total. The third kappa shape index (κ3) is 5.22. The van der Waals surface area contributed by atoms with Crippen molar-refractivity contribution in [3.63, 3.8) is 0 Å². The van der Waals surface area contributed by atoms with Gasteiger partial charge in [-0.05, 0) is 76.3 Å². The molecule has 0 aliphatic heterocycles. The van der Waals surface area contributed by atoms with Gasteiger partial charge in [0.15, 0.2) is 0 Å². The maximum absolute atomic E-state index is 11.6. The molecule has 0 saturated carbocycles. The second-order valence-corrected chi connectivity index (χ2v) is 7.07. The number of aliphatic hydroxyl groups is 2. The normalized spacial score (nSPS) is 14.3. The number of hydrogen-bond acceptors (Lipinski definition) is 4. The van der Waals surface area contributed by atoms with Crippen molar-refractivity contribution in [3.8, 4) is 0 Å². The molecule has 23 heavy (non-hydrogen) atoms. The highest BCUT2D eigenvalue weighted by atomic mass is 16.6. The lowest BCUT2D eigenvalue weighted by molar-refractivity contribution is 0.0123. The zero-order chi connectivity index (χ0) is 17.9. The number of aryl methyl sites for hydroxylation is 2. The van der Waals surface area contributed by atoms with E-state index in [1.165, 1.54) is 0 Å². The van der Waals surface area contributed by atoms with E-state index in [1.54, 1.807) is 20.8 Å². The van der Waals surface area contributed by atoms with Gasteiger partial charge in [-0.2, -0.15) is 0 Å². The number of alkyl carbamates (subject to hydrolysis) is 1. The van der Waals surface area contributed by atoms with Crippen LogP contribution in [0.2, 0.25) is 0 Å². The van der Waals surface area contributed by atoms with Gasteiger partial charge in [-0.25, -0.2) is 4.79 Å². The summed E-state index contributed by atoms with van der Waals surface area (Å²) in [7, 11) is 0. The Morgan fingerprint density at radius 1 is 1.13 bits per heavy atom. The van der Waals surface area contributed by atoms with Gasteiger partial charge in [0, 0.05) is 6.54 Å². The predicted octanol–water partition coefficient (Wildman–Crippen LogP) is 2.84. The maximum Gasteiger partial charge on any atom is 0.407 e. The van der Waals surface area contributed by atoms with Crippen LogP contribution in [0.25, 0.3) is 0 Å². The van der Waals surface area contributed by atoms with Crippen molar-refractivity contribution < 1.29 is 19.7 Å². The molecule has 0 aromatic heterocycles. The maximum atomic E-state index is 11.6. The van der Waals surface area contributed by atoms with E-state index in [1.807, 2.05) is 27.7 Å². The fourth-order valence-corrected chi connectivity index (χ4v) is 2.50. The predicted molar refractivity (Wildman–Crippen MR) is 90.6 cm³/mol. The molecular formula is C18H29NO4. The van der Waals surface area contributed by atoms with E-state index in [0.717, 1.165) is 27.8 Å². The van der Waals surface area contributed by atoms with Gasteiger partial charge >= 0.3 is 6.09 Å². The summed E-state index contributed by atoms with van der Waals surface area (Å²) in [4.78, 5) is 11.6. The summed E-state index contributed by atoms with van der Waals surface area (Å²) in [6.07, 6.45) is -2.79. The van der Waals surface area contributed by atoms with E-state index < -0.39 is 23.9 Å². The fraction of sp³-hybridized carbons (Fsp3) is 0.611. The summed E-state index contributed by atoms with van der Waals surface area (Å²) >= 11 is 0. The molecule has 0 bridgehead atoms. The first-order valence-electron chi connectivity index (χ1n) is 7.84. The minimum Gasteiger partial charge on any atom is -0.444 e. The molecule has 0 aliphatic carbocycles. The lowest BCUT2D eigenvalue weighted by atomic mass is 9.89. The van der Waals surface area contributed by atoms with Crippen LogP contribution in [0.1, 0.15) is 54.7 Å². The molecule has 1 aromatic carbocycles. The molecule has 1 aromatic rings. The summed E-state index contributed by atoms with van der Waals surface area (Å²) in [5, 5.41) is 23.2. The summed E-state index contributed by atoms with van der Waals surface area (Å²) in [6, 6.07) is 2.06. The van der Waals surface area contributed by atoms with Gasteiger partial charge < -0.3 is 20.3 Å². The van der Waals surface area contributed by atoms with Crippen LogP contribution in [-0.2, 0) is 4.74 Å². The van der Waals surface area contributed by atoms with Crippen LogP contribution in [0.15, 0.2) is 6.07 Å². The van der Waals surface area contributed by atoms with Crippen LogP contribution in [0.3, 0.4) is 0 Å². The van der Waals surface area contributed by atoms with Gasteiger partial charge in [0.2, 0.25) is 0 Å². The zero-order valence-corrected chi connectivity index (χ0v) is 15.2. The molecule has 0 saturated heterocycles. The smallest absolute Gasteiger partial charge is 0.407 e. The Morgan fingerprint density at radius 2 is 1.61 bits per heavy atom. The van der Waals surface area contributed by atoms with Gasteiger partial charge in [0.05, 0.1) is 0 Å². The SMILES string of the molecule is Cc1cc(C)c(C)c(C(O)C(O)CNC(=O)OC(C)(C)C)c1C. The number of benzene rings is 1. The highest BCUT2D eigenvalue weighted by molar-refractivity contribution is 5.67. The van der Waals surface area contributed by atoms with Crippen molar-refractivity contribution >= 4 is 6.09 Å². The van der Waals surface area contributed by atoms with Crippen molar-refractivity contribution in [3.05, 3.63) is 33.9 Å². The zero-order valence-electron chi connectivity index (χ0n) is 15.2. The number of carbonyl (C=O) groups excluding carboxylic acids is 1. The second kappa shape index (κ2) is 7.32. The van der Waals surface area contributed by atoms with Crippen molar-refractivity contribution in [2.45, 2.75) is 66.3 Å². The number of rotatable bonds is 4. The van der Waals surface area contributed by atoms with Crippen LogP contribution in [0, 0.1) is 27.7 Å². The molecule has 0 heterocycles. The van der Waals surface area contributed by atoms with Gasteiger partial charge in [-0.3, -0.25) is 0 Å². The molecule has 1 amide bonds. The number of nitrogens with one attached hydrogen (secondary N) is 1. The van der Waals surface area contributed by atoms with E-state index >= 15 is 0 Å². The molecular weight excluding hydrogens is 294 g/mol. The largest absolute Gasteiger partial charge is 0.444 e. The molecule has 0 radical (unpaired) electrons. The summed E-state index contributed by atoms with van der Waals surface area (Å²) in [5.74, 6) is 0. The van der Waals surface area contributed by atoms with Crippen LogP contribution in [-0.4, -0.2) is 34.6 Å². The molecule has 5 nitrogen and oxygen atoms in total. The first-order valence-corrected chi connectivity index (χ1v) is 7.84. The summed E-state index contributed by atoms with van der Waals surface area (Å²) in [5.41, 5.74) is 4.16. The van der Waals surface area contributed by atoms with Crippen molar-refractivity contribution in [2.75, 3.05) is 6.54 Å². The van der Waals surface area contributed by atoms with Gasteiger partial charge in [-0.15, -0.1) is 0 Å². The fourth-order valence-electron chi connectivity index (χ4n) is 2.50. The monoisotopic (exact) mass is 323 g/mol. The second-order valence-electron chi connectivity index (χ2n) is 7.07. The number of carbonyl (C=O) groups is 1. The Hall–Kier alpha value is -1.59. The van der Waals surface area contributed by atoms with Crippen molar-refractivity contribution in [2.24, 2.45) is 0 Å². The third-order valence-corrected chi connectivity index (χ3v) is 3.94. The Bertz CT molecular complexity index is 549. The van der Waals surface area contributed by atoms with Gasteiger partial charge in [0.25, 0.3) is 0 Å². The van der Waals surface area contributed by atoms with Crippen LogP contribution in [0.4, 0.5) is 4.79 Å². The number of amides is 1. The topological polar surface area (TPSA) is 78.8 Å². The Labute approximate surface area is 138 Å². The highest BCUT2D eigenvalue weighted by Crippen LogP contribution is 2.29. The molecule has 0 spiro atoms. The van der Waals surface area contributed by atoms with E-state index in [0.29, 0.717) is 0 Å². The van der Waals surface area contributed by atoms with E-state index in [4.69, 9.17) is 4.74 Å². The first-order chi connectivity index (χ1) is 10.4. The van der Waals surface area contributed by atoms with Gasteiger partial charge in [0.1, 0.15) is 17.8 Å². The Morgan fingerprint density at radius 3 is 2.04 bits per heavy atom. The van der Waals surface area contributed by atoms with Gasteiger partial charge in [-0.1, -0.05) is 6.07 Å². The molecule has 130 valence electrons. The average molecular weight is 323 g/mol. The quantitative estimate of drug-likeness (QED) is 0.796. The van der Waals surface area contributed by atoms with Crippen LogP contribution >= 0.6 is 0 Å². The minimum atomic E-state index is -1.11. The standard InChI is InChI=1S/C18H29NO4/c1-10-8-11(2)13(4)15(12(10)3)16(21)14(20)9-19-17(22)23-18(5,6)7/h8,14,16,20-21H,9H2,1-7H3,(H,19,22). The number of ether oxygens (including phenoxy) is 1. The molecule has 1 rings (SSSR count). The van der Waals surface area contributed by atoms with E-state index in [2.05, 4.69) is 11.4 Å². The molecule has 2 atom stereocenters. The summed E-state index contributed by atoms with van der Waals surface area (Å²) < 4.78 is 5.12. The Kier molecular flexibility index (Phi) is 6.19. The van der Waals surface area contributed by atoms with E-state index in [9.17, 15) is 15.0 Å². The number of aliphatic hydroxyl groups excluding tert-OH is 2. The first kappa shape index (κ1) is 19.5. The van der Waals surface area contributed by atoms with Crippen molar-refractivity contribution in [1.82, 2.24) is 5.32 Å². The van der Waals surface area contributed by atoms with Crippen LogP contribution < -0.4 is 5.32 Å². The Balaban J connectivity index is 2.82. The highest BCUT2D eigenvalue weighted by Gasteiger charge is 2.25. The lowest BCUT2D eigenvalue weighted by Gasteiger charge is -2.25. The van der Waals surface area contributed by atoms with Crippen molar-refractivity contribution in [1.29, 1.82) is 0 Å². The number of hydrogen-bond donors (Lipinski definition) is 3. The van der Waals surface area contributed by atoms with Crippen LogP contribution in [0.5, 0.6) is 0 Å². The third-order valence-electron chi connectivity index (χ3n) is 3.94.